The van der Waals surface area contributed by atoms with Crippen LogP contribution in [0.1, 0.15) is 6.92 Å². The fourth-order valence-corrected chi connectivity index (χ4v) is 0.802. The number of carbonyl (C=O) groups is 1. The lowest BCUT2D eigenvalue weighted by molar-refractivity contribution is -0.147. The van der Waals surface area contributed by atoms with Crippen LogP contribution in [-0.4, -0.2) is 29.5 Å². The Kier molecular flexibility index (Phi) is 2.70. The third-order valence-corrected chi connectivity index (χ3v) is 2.09. The second-order valence-electron chi connectivity index (χ2n) is 1.71. The third-order valence-electron chi connectivity index (χ3n) is 0.790. The number of carbonyl (C=O) groups excluding carboxylic acids is 1. The molecule has 0 rings (SSSR count). The molecule has 0 bridgehead atoms. The summed E-state index contributed by atoms with van der Waals surface area (Å²) >= 11 is 0. The number of halogens is 3. The quantitative estimate of drug-likeness (QED) is 0.487. The van der Waals surface area contributed by atoms with Crippen LogP contribution < -0.4 is 0 Å². The summed E-state index contributed by atoms with van der Waals surface area (Å²) in [4.78, 5) is 10.0. The smallest absolute Gasteiger partial charge is 0.272 e. The highest BCUT2D eigenvalue weighted by Crippen LogP contribution is 2.25. The lowest BCUT2D eigenvalue weighted by atomic mass is 10.8. The lowest BCUT2D eigenvalue weighted by Gasteiger charge is -2.14. The average molecular weight is 207 g/mol. The van der Waals surface area contributed by atoms with Crippen molar-refractivity contribution in [2.45, 2.75) is 12.4 Å². The van der Waals surface area contributed by atoms with Crippen molar-refractivity contribution in [2.75, 3.05) is 0 Å². The molecule has 0 atom stereocenters. The number of hydrogen-bond donors (Lipinski definition) is 1. The first-order chi connectivity index (χ1) is 5.10. The molecular weight excluding hydrogens is 203 g/mol. The van der Waals surface area contributed by atoms with Gasteiger partial charge in [0, 0.05) is 6.92 Å². The van der Waals surface area contributed by atoms with E-state index in [1.165, 1.54) is 0 Å². The molecule has 0 spiro atoms. The minimum Gasteiger partial charge on any atom is -0.272 e. The summed E-state index contributed by atoms with van der Waals surface area (Å²) in [5, 5.41) is 8.17. The van der Waals surface area contributed by atoms with Crippen molar-refractivity contribution in [1.82, 2.24) is 4.47 Å². The molecule has 0 aromatic rings. The van der Waals surface area contributed by atoms with Gasteiger partial charge in [0.15, 0.2) is 0 Å². The molecule has 9 heteroatoms. The van der Waals surface area contributed by atoms with Crippen LogP contribution in [0.2, 0.25) is 0 Å². The molecule has 12 heavy (non-hydrogen) atoms. The van der Waals surface area contributed by atoms with Gasteiger partial charge in [0.2, 0.25) is 0 Å². The number of hydrogen-bond acceptors (Lipinski definition) is 4. The molecule has 0 fully saturated rings. The van der Waals surface area contributed by atoms with E-state index in [0.717, 1.165) is 0 Å². The van der Waals surface area contributed by atoms with E-state index < -0.39 is 25.9 Å². The maximum absolute atomic E-state index is 11.5. The summed E-state index contributed by atoms with van der Waals surface area (Å²) in [5.41, 5.74) is -5.67. The van der Waals surface area contributed by atoms with Crippen molar-refractivity contribution in [3.8, 4) is 0 Å². The highest BCUT2D eigenvalue weighted by Gasteiger charge is 2.51. The molecule has 0 saturated heterocycles. The largest absolute Gasteiger partial charge is 0.518 e. The summed E-state index contributed by atoms with van der Waals surface area (Å²) in [5.74, 6) is -1.63. The van der Waals surface area contributed by atoms with E-state index in [0.29, 0.717) is 6.92 Å². The number of rotatable bonds is 1. The average Bonchev–Trinajstić information content (AvgIpc) is 1.83. The van der Waals surface area contributed by atoms with Gasteiger partial charge in [0.05, 0.1) is 0 Å². The highest BCUT2D eigenvalue weighted by atomic mass is 32.2. The monoisotopic (exact) mass is 207 g/mol. The van der Waals surface area contributed by atoms with E-state index in [9.17, 15) is 26.4 Å². The van der Waals surface area contributed by atoms with Crippen LogP contribution in [0.15, 0.2) is 0 Å². The molecule has 0 aliphatic rings. The predicted octanol–water partition coefficient (Wildman–Crippen LogP) is 0.0737. The number of nitrogens with zero attached hydrogens (tertiary/aromatic N) is 1. The maximum atomic E-state index is 11.5. The van der Waals surface area contributed by atoms with Crippen LogP contribution in [0.4, 0.5) is 13.2 Å². The Morgan fingerprint density at radius 2 is 1.75 bits per heavy atom. The molecule has 0 aromatic carbocycles. The number of alkyl halides is 3. The fourth-order valence-electron chi connectivity index (χ4n) is 0.267. The van der Waals surface area contributed by atoms with E-state index >= 15 is 0 Å². The molecule has 1 amide bonds. The van der Waals surface area contributed by atoms with Gasteiger partial charge in [0.1, 0.15) is 0 Å². The molecule has 0 aromatic heterocycles. The molecule has 0 aliphatic carbocycles. The Bertz CT molecular complexity index is 280. The lowest BCUT2D eigenvalue weighted by Crippen LogP contribution is -2.41. The Hall–Kier alpha value is -0.830. The Morgan fingerprint density at radius 1 is 1.42 bits per heavy atom. The van der Waals surface area contributed by atoms with Gasteiger partial charge in [-0.2, -0.15) is 21.6 Å². The summed E-state index contributed by atoms with van der Waals surface area (Å²) in [6.07, 6.45) is 0. The van der Waals surface area contributed by atoms with Gasteiger partial charge in [-0.25, -0.2) is 0 Å². The predicted molar refractivity (Wildman–Crippen MR) is 29.3 cm³/mol. The molecule has 0 saturated carbocycles. The van der Waals surface area contributed by atoms with E-state index in [4.69, 9.17) is 5.21 Å². The molecule has 0 aliphatic heterocycles. The summed E-state index contributed by atoms with van der Waals surface area (Å²) in [6, 6.07) is 0. The zero-order chi connectivity index (χ0) is 10.2. The Labute approximate surface area is 65.4 Å². The second kappa shape index (κ2) is 2.90. The van der Waals surface area contributed by atoms with Crippen LogP contribution in [0.3, 0.4) is 0 Å². The zero-order valence-electron chi connectivity index (χ0n) is 5.66. The van der Waals surface area contributed by atoms with Gasteiger partial charge in [-0.3, -0.25) is 10.0 Å². The van der Waals surface area contributed by atoms with Crippen LogP contribution >= 0.6 is 0 Å². The van der Waals surface area contributed by atoms with Crippen LogP contribution in [-0.2, 0) is 14.8 Å². The summed E-state index contributed by atoms with van der Waals surface area (Å²) in [6.45, 7) is 0.475. The van der Waals surface area contributed by atoms with Crippen LogP contribution in [0, 0.1) is 0 Å². The zero-order valence-corrected chi connectivity index (χ0v) is 6.48. The Morgan fingerprint density at radius 3 is 1.83 bits per heavy atom. The topological polar surface area (TPSA) is 74.7 Å². The summed E-state index contributed by atoms with van der Waals surface area (Å²) in [7, 11) is -5.94. The molecule has 0 heterocycles. The van der Waals surface area contributed by atoms with Gasteiger partial charge >= 0.3 is 15.5 Å². The van der Waals surface area contributed by atoms with Gasteiger partial charge < -0.3 is 0 Å². The second-order valence-corrected chi connectivity index (χ2v) is 3.47. The minimum atomic E-state index is -5.94. The van der Waals surface area contributed by atoms with Crippen molar-refractivity contribution >= 4 is 15.9 Å². The molecular formula is C3H4F3NO4S. The van der Waals surface area contributed by atoms with Crippen molar-refractivity contribution in [2.24, 2.45) is 0 Å². The molecule has 72 valence electrons. The highest BCUT2D eigenvalue weighted by molar-refractivity contribution is 7.90. The summed E-state index contributed by atoms with van der Waals surface area (Å²) < 4.78 is 53.4. The van der Waals surface area contributed by atoms with Gasteiger partial charge in [-0.05, 0) is 0 Å². The van der Waals surface area contributed by atoms with Crippen molar-refractivity contribution < 1.29 is 31.6 Å². The van der Waals surface area contributed by atoms with Crippen LogP contribution in [0.25, 0.3) is 0 Å². The molecule has 0 radical (unpaired) electrons. The van der Waals surface area contributed by atoms with E-state index in [1.807, 2.05) is 0 Å². The normalized spacial score (nSPS) is 12.8. The van der Waals surface area contributed by atoms with E-state index in [2.05, 4.69) is 0 Å². The standard InChI is InChI=1S/C3H4F3NO4S/c1-2(8)7(9)12(10,11)3(4,5)6/h9H,1H3. The maximum Gasteiger partial charge on any atom is 0.518 e. The van der Waals surface area contributed by atoms with Gasteiger partial charge in [-0.15, -0.1) is 4.47 Å². The molecule has 5 nitrogen and oxygen atoms in total. The Balaban J connectivity index is 5.03. The number of hydroxylamine groups is 1. The van der Waals surface area contributed by atoms with Crippen molar-refractivity contribution in [1.29, 1.82) is 0 Å². The molecule has 0 unspecified atom stereocenters. The first kappa shape index (κ1) is 11.2. The van der Waals surface area contributed by atoms with E-state index in [1.54, 1.807) is 0 Å². The number of amides is 1. The van der Waals surface area contributed by atoms with Crippen molar-refractivity contribution in [3.63, 3.8) is 0 Å². The minimum absolute atomic E-state index is 0.475. The van der Waals surface area contributed by atoms with Crippen molar-refractivity contribution in [3.05, 3.63) is 0 Å². The first-order valence-electron chi connectivity index (χ1n) is 2.41. The van der Waals surface area contributed by atoms with Gasteiger partial charge in [0.25, 0.3) is 5.91 Å². The van der Waals surface area contributed by atoms with Crippen LogP contribution in [0.5, 0.6) is 0 Å². The SMILES string of the molecule is CC(=O)N(O)S(=O)(=O)C(F)(F)F. The van der Waals surface area contributed by atoms with E-state index in [-0.39, 0.29) is 0 Å². The fraction of sp³-hybridized carbons (Fsp3) is 0.667. The number of sulfonamides is 1. The molecule has 1 N–H and O–H groups in total. The first-order valence-corrected chi connectivity index (χ1v) is 3.85. The van der Waals surface area contributed by atoms with Gasteiger partial charge in [-0.1, -0.05) is 0 Å². The third kappa shape index (κ3) is 1.85.